The molecule has 1 atom stereocenters. The number of nitrogens with one attached hydrogen (secondary N) is 2. The number of halogens is 2. The molecule has 3 nitrogen and oxygen atoms in total. The molecule has 104 valence electrons. The number of rotatable bonds is 5. The molecule has 1 saturated heterocycles. The molecule has 1 amide bonds. The molecule has 2 N–H and O–H groups in total. The summed E-state index contributed by atoms with van der Waals surface area (Å²) in [7, 11) is 0. The lowest BCUT2D eigenvalue weighted by Gasteiger charge is -2.11. The molecule has 1 heterocycles. The summed E-state index contributed by atoms with van der Waals surface area (Å²) in [5.41, 5.74) is -0.168. The van der Waals surface area contributed by atoms with E-state index in [1.165, 1.54) is 12.5 Å². The molecule has 2 rings (SSSR count). The molecule has 19 heavy (non-hydrogen) atoms. The first-order chi connectivity index (χ1) is 9.16. The maximum atomic E-state index is 13.3. The first kappa shape index (κ1) is 13.9. The third-order valence-corrected chi connectivity index (χ3v) is 3.38. The van der Waals surface area contributed by atoms with Crippen LogP contribution in [-0.2, 0) is 11.2 Å². The Morgan fingerprint density at radius 1 is 1.37 bits per heavy atom. The van der Waals surface area contributed by atoms with Crippen molar-refractivity contribution in [2.75, 3.05) is 13.1 Å². The highest BCUT2D eigenvalue weighted by Gasteiger charge is 2.15. The summed E-state index contributed by atoms with van der Waals surface area (Å²) < 4.78 is 26.7. The van der Waals surface area contributed by atoms with Crippen molar-refractivity contribution in [2.24, 2.45) is 0 Å². The lowest BCUT2D eigenvalue weighted by molar-refractivity contribution is -0.120. The molecule has 1 aliphatic rings. The van der Waals surface area contributed by atoms with Gasteiger partial charge in [-0.2, -0.15) is 0 Å². The predicted octanol–water partition coefficient (Wildman–Crippen LogP) is 1.77. The van der Waals surface area contributed by atoms with Crippen molar-refractivity contribution >= 4 is 5.91 Å². The van der Waals surface area contributed by atoms with E-state index in [0.717, 1.165) is 31.5 Å². The van der Waals surface area contributed by atoms with Crippen LogP contribution in [0.1, 0.15) is 24.8 Å². The summed E-state index contributed by atoms with van der Waals surface area (Å²) in [6.45, 7) is 1.56. The van der Waals surface area contributed by atoms with E-state index in [0.29, 0.717) is 12.6 Å². The number of hydrogen-bond acceptors (Lipinski definition) is 2. The average Bonchev–Trinajstić information content (AvgIpc) is 2.87. The van der Waals surface area contributed by atoms with Crippen LogP contribution in [0.2, 0.25) is 0 Å². The highest BCUT2D eigenvalue weighted by atomic mass is 19.1. The SMILES string of the molecule is O=C(Cc1c(F)cccc1F)NCC[C@@H]1CCCN1. The maximum Gasteiger partial charge on any atom is 0.224 e. The van der Waals surface area contributed by atoms with Gasteiger partial charge < -0.3 is 10.6 Å². The lowest BCUT2D eigenvalue weighted by atomic mass is 10.1. The summed E-state index contributed by atoms with van der Waals surface area (Å²) in [5, 5.41) is 6.03. The minimum absolute atomic E-state index is 0.168. The van der Waals surface area contributed by atoms with Gasteiger partial charge in [-0.25, -0.2) is 8.78 Å². The molecule has 5 heteroatoms. The van der Waals surface area contributed by atoms with Crippen LogP contribution in [0, 0.1) is 11.6 Å². The topological polar surface area (TPSA) is 41.1 Å². The number of amides is 1. The van der Waals surface area contributed by atoms with Crippen molar-refractivity contribution in [3.63, 3.8) is 0 Å². The van der Waals surface area contributed by atoms with Crippen molar-refractivity contribution in [3.8, 4) is 0 Å². The van der Waals surface area contributed by atoms with Crippen molar-refractivity contribution in [3.05, 3.63) is 35.4 Å². The Morgan fingerprint density at radius 3 is 2.74 bits per heavy atom. The van der Waals surface area contributed by atoms with Crippen molar-refractivity contribution in [1.29, 1.82) is 0 Å². The van der Waals surface area contributed by atoms with Gasteiger partial charge in [0, 0.05) is 18.2 Å². The maximum absolute atomic E-state index is 13.3. The van der Waals surface area contributed by atoms with E-state index >= 15 is 0 Å². The van der Waals surface area contributed by atoms with Crippen molar-refractivity contribution < 1.29 is 13.6 Å². The van der Waals surface area contributed by atoms with Gasteiger partial charge in [0.15, 0.2) is 0 Å². The largest absolute Gasteiger partial charge is 0.356 e. The molecule has 1 aromatic rings. The third-order valence-electron chi connectivity index (χ3n) is 3.38. The molecular weight excluding hydrogens is 250 g/mol. The number of benzene rings is 1. The Kier molecular flexibility index (Phi) is 4.85. The van der Waals surface area contributed by atoms with Crippen LogP contribution >= 0.6 is 0 Å². The second kappa shape index (κ2) is 6.61. The first-order valence-electron chi connectivity index (χ1n) is 6.60. The highest BCUT2D eigenvalue weighted by molar-refractivity contribution is 5.78. The smallest absolute Gasteiger partial charge is 0.224 e. The summed E-state index contributed by atoms with van der Waals surface area (Å²) in [5.74, 6) is -1.69. The van der Waals surface area contributed by atoms with Crippen LogP contribution in [0.15, 0.2) is 18.2 Å². The lowest BCUT2D eigenvalue weighted by Crippen LogP contribution is -2.31. The predicted molar refractivity (Wildman–Crippen MR) is 68.7 cm³/mol. The average molecular weight is 268 g/mol. The Balaban J connectivity index is 1.77. The van der Waals surface area contributed by atoms with Gasteiger partial charge in [-0.15, -0.1) is 0 Å². The van der Waals surface area contributed by atoms with Crippen molar-refractivity contribution in [1.82, 2.24) is 10.6 Å². The van der Waals surface area contributed by atoms with E-state index in [9.17, 15) is 13.6 Å². The van der Waals surface area contributed by atoms with Gasteiger partial charge in [0.2, 0.25) is 5.91 Å². The molecule has 0 spiro atoms. The summed E-state index contributed by atoms with van der Waals surface area (Å²) in [6, 6.07) is 4.06. The quantitative estimate of drug-likeness (QED) is 0.854. The van der Waals surface area contributed by atoms with Crippen LogP contribution in [0.3, 0.4) is 0 Å². The normalized spacial score (nSPS) is 18.5. The zero-order chi connectivity index (χ0) is 13.7. The fraction of sp³-hybridized carbons (Fsp3) is 0.500. The summed E-state index contributed by atoms with van der Waals surface area (Å²) in [4.78, 5) is 11.6. The number of carbonyl (C=O) groups is 1. The minimum atomic E-state index is -0.674. The van der Waals surface area contributed by atoms with Crippen LogP contribution in [0.5, 0.6) is 0 Å². The fourth-order valence-electron chi connectivity index (χ4n) is 2.31. The fourth-order valence-corrected chi connectivity index (χ4v) is 2.31. The van der Waals surface area contributed by atoms with Crippen LogP contribution in [-0.4, -0.2) is 25.0 Å². The Bertz CT molecular complexity index is 425. The molecule has 0 aliphatic carbocycles. The minimum Gasteiger partial charge on any atom is -0.356 e. The van der Waals surface area contributed by atoms with Gasteiger partial charge in [-0.1, -0.05) is 6.07 Å². The second-order valence-corrected chi connectivity index (χ2v) is 4.81. The monoisotopic (exact) mass is 268 g/mol. The molecule has 1 fully saturated rings. The third kappa shape index (κ3) is 3.99. The van der Waals surface area contributed by atoms with Gasteiger partial charge in [-0.3, -0.25) is 4.79 Å². The number of hydrogen-bond donors (Lipinski definition) is 2. The van der Waals surface area contributed by atoms with E-state index in [2.05, 4.69) is 10.6 Å². The van der Waals surface area contributed by atoms with Gasteiger partial charge in [0.1, 0.15) is 11.6 Å². The van der Waals surface area contributed by atoms with Gasteiger partial charge in [-0.05, 0) is 37.9 Å². The molecule has 0 aromatic heterocycles. The van der Waals surface area contributed by atoms with Gasteiger partial charge in [0.25, 0.3) is 0 Å². The van der Waals surface area contributed by atoms with E-state index in [-0.39, 0.29) is 17.9 Å². The summed E-state index contributed by atoms with van der Waals surface area (Å²) >= 11 is 0. The zero-order valence-electron chi connectivity index (χ0n) is 10.7. The first-order valence-corrected chi connectivity index (χ1v) is 6.60. The van der Waals surface area contributed by atoms with E-state index in [1.807, 2.05) is 0 Å². The molecule has 0 radical (unpaired) electrons. The molecular formula is C14H18F2N2O. The van der Waals surface area contributed by atoms with E-state index < -0.39 is 11.6 Å². The Hall–Kier alpha value is -1.49. The van der Waals surface area contributed by atoms with Crippen LogP contribution in [0.25, 0.3) is 0 Å². The summed E-state index contributed by atoms with van der Waals surface area (Å²) in [6.07, 6.45) is 2.89. The molecule has 0 unspecified atom stereocenters. The Labute approximate surface area is 111 Å². The van der Waals surface area contributed by atoms with E-state index in [4.69, 9.17) is 0 Å². The number of carbonyl (C=O) groups excluding carboxylic acids is 1. The Morgan fingerprint density at radius 2 is 2.11 bits per heavy atom. The van der Waals surface area contributed by atoms with Crippen LogP contribution in [0.4, 0.5) is 8.78 Å². The van der Waals surface area contributed by atoms with Crippen LogP contribution < -0.4 is 10.6 Å². The standard InChI is InChI=1S/C14H18F2N2O/c15-12-4-1-5-13(16)11(12)9-14(19)18-8-6-10-3-2-7-17-10/h1,4-5,10,17H,2-3,6-9H2,(H,18,19)/t10-/m0/s1. The molecule has 0 bridgehead atoms. The van der Waals surface area contributed by atoms with Crippen molar-refractivity contribution in [2.45, 2.75) is 31.7 Å². The highest BCUT2D eigenvalue weighted by Crippen LogP contribution is 2.12. The zero-order valence-corrected chi connectivity index (χ0v) is 10.7. The second-order valence-electron chi connectivity index (χ2n) is 4.81. The van der Waals surface area contributed by atoms with E-state index in [1.54, 1.807) is 0 Å². The molecule has 0 saturated carbocycles. The van der Waals surface area contributed by atoms with Gasteiger partial charge in [0.05, 0.1) is 6.42 Å². The molecule has 1 aliphatic heterocycles. The van der Waals surface area contributed by atoms with Gasteiger partial charge >= 0.3 is 0 Å². The molecule has 1 aromatic carbocycles.